The minimum absolute atomic E-state index is 0.865. The molecule has 2 bridgehead atoms. The van der Waals surface area contributed by atoms with Crippen molar-refractivity contribution in [2.75, 3.05) is 27.2 Å². The minimum atomic E-state index is 0.865. The third-order valence-corrected chi connectivity index (χ3v) is 3.10. The second-order valence-electron chi connectivity index (χ2n) is 3.75. The van der Waals surface area contributed by atoms with Crippen molar-refractivity contribution in [3.63, 3.8) is 0 Å². The summed E-state index contributed by atoms with van der Waals surface area (Å²) in [7, 11) is 4.50. The molecule has 2 atom stereocenters. The van der Waals surface area contributed by atoms with E-state index in [-0.39, 0.29) is 0 Å². The van der Waals surface area contributed by atoms with Crippen molar-refractivity contribution < 1.29 is 0 Å². The fourth-order valence-electron chi connectivity index (χ4n) is 2.24. The Kier molecular flexibility index (Phi) is 1.46. The highest BCUT2D eigenvalue weighted by Gasteiger charge is 2.35. The average molecular weight is 140 g/mol. The van der Waals surface area contributed by atoms with Crippen LogP contribution in [-0.2, 0) is 0 Å². The Morgan fingerprint density at radius 3 is 2.60 bits per heavy atom. The second-order valence-corrected chi connectivity index (χ2v) is 3.75. The van der Waals surface area contributed by atoms with Crippen molar-refractivity contribution in [2.45, 2.75) is 24.9 Å². The van der Waals surface area contributed by atoms with Gasteiger partial charge < -0.3 is 9.80 Å². The number of piperidine rings is 1. The first-order chi connectivity index (χ1) is 4.77. The van der Waals surface area contributed by atoms with Gasteiger partial charge >= 0.3 is 0 Å². The highest BCUT2D eigenvalue weighted by atomic mass is 15.3. The van der Waals surface area contributed by atoms with Crippen LogP contribution in [-0.4, -0.2) is 49.1 Å². The lowest BCUT2D eigenvalue weighted by Gasteiger charge is -2.28. The Morgan fingerprint density at radius 1 is 1.10 bits per heavy atom. The Labute approximate surface area is 62.8 Å². The van der Waals surface area contributed by atoms with E-state index in [0.717, 1.165) is 12.1 Å². The van der Waals surface area contributed by atoms with Crippen LogP contribution in [0.1, 0.15) is 12.8 Å². The molecule has 0 saturated carbocycles. The molecule has 0 spiro atoms. The van der Waals surface area contributed by atoms with Crippen LogP contribution >= 0.6 is 0 Å². The van der Waals surface area contributed by atoms with Crippen LogP contribution in [0, 0.1) is 0 Å². The fourth-order valence-corrected chi connectivity index (χ4v) is 2.24. The zero-order chi connectivity index (χ0) is 7.14. The maximum atomic E-state index is 2.51. The highest BCUT2D eigenvalue weighted by molar-refractivity contribution is 4.92. The lowest BCUT2D eigenvalue weighted by Crippen LogP contribution is -2.37. The summed E-state index contributed by atoms with van der Waals surface area (Å²) in [5, 5.41) is 0. The zero-order valence-electron chi connectivity index (χ0n) is 6.88. The number of rotatable bonds is 0. The van der Waals surface area contributed by atoms with E-state index < -0.39 is 0 Å². The highest BCUT2D eigenvalue weighted by Crippen LogP contribution is 2.26. The molecule has 2 saturated heterocycles. The molecule has 0 N–H and O–H groups in total. The van der Waals surface area contributed by atoms with E-state index in [1.807, 2.05) is 0 Å². The third-order valence-electron chi connectivity index (χ3n) is 3.10. The summed E-state index contributed by atoms with van der Waals surface area (Å²) in [5.41, 5.74) is 0. The molecule has 0 aromatic carbocycles. The van der Waals surface area contributed by atoms with Crippen molar-refractivity contribution in [3.05, 3.63) is 0 Å². The summed E-state index contributed by atoms with van der Waals surface area (Å²) in [4.78, 5) is 5.01. The number of nitrogens with zero attached hydrogens (tertiary/aromatic N) is 2. The SMILES string of the molecule is CN1CC[C@@H]2C[C@H]1CN2C. The van der Waals surface area contributed by atoms with Crippen molar-refractivity contribution in [1.82, 2.24) is 9.80 Å². The maximum Gasteiger partial charge on any atom is 0.0235 e. The Hall–Kier alpha value is -0.0800. The number of hydrogen-bond acceptors (Lipinski definition) is 2. The summed E-state index contributed by atoms with van der Waals surface area (Å²) >= 11 is 0. The van der Waals surface area contributed by atoms with Gasteiger partial charge in [-0.3, -0.25) is 0 Å². The van der Waals surface area contributed by atoms with Gasteiger partial charge in [0.15, 0.2) is 0 Å². The van der Waals surface area contributed by atoms with E-state index in [2.05, 4.69) is 23.9 Å². The van der Waals surface area contributed by atoms with Crippen LogP contribution in [0.3, 0.4) is 0 Å². The van der Waals surface area contributed by atoms with E-state index in [0.29, 0.717) is 0 Å². The standard InChI is InChI=1S/C8H16N2/c1-9-4-3-7-5-8(9)6-10(7)2/h7-8H,3-6H2,1-2H3/t7-,8+/m1/s1. The zero-order valence-corrected chi connectivity index (χ0v) is 6.88. The molecule has 2 heteroatoms. The minimum Gasteiger partial charge on any atom is -0.302 e. The molecule has 0 unspecified atom stereocenters. The Bertz CT molecular complexity index is 133. The molecule has 2 fully saturated rings. The first-order valence-corrected chi connectivity index (χ1v) is 4.18. The van der Waals surface area contributed by atoms with Crippen LogP contribution in [0.4, 0.5) is 0 Å². The van der Waals surface area contributed by atoms with Crippen molar-refractivity contribution >= 4 is 0 Å². The summed E-state index contributed by atoms with van der Waals surface area (Å²) < 4.78 is 0. The molecular formula is C8H16N2. The molecule has 0 aliphatic carbocycles. The van der Waals surface area contributed by atoms with Crippen molar-refractivity contribution in [1.29, 1.82) is 0 Å². The summed E-state index contributed by atoms with van der Waals surface area (Å²) in [6.45, 7) is 2.60. The molecule has 0 aromatic heterocycles. The average Bonchev–Trinajstić information content (AvgIpc) is 2.21. The predicted molar refractivity (Wildman–Crippen MR) is 42.1 cm³/mol. The van der Waals surface area contributed by atoms with E-state index in [9.17, 15) is 0 Å². The van der Waals surface area contributed by atoms with Gasteiger partial charge in [-0.05, 0) is 33.5 Å². The molecule has 2 heterocycles. The van der Waals surface area contributed by atoms with Crippen LogP contribution in [0.5, 0.6) is 0 Å². The van der Waals surface area contributed by atoms with Gasteiger partial charge in [0.05, 0.1) is 0 Å². The van der Waals surface area contributed by atoms with E-state index in [4.69, 9.17) is 0 Å². The van der Waals surface area contributed by atoms with Crippen LogP contribution in [0.2, 0.25) is 0 Å². The largest absolute Gasteiger partial charge is 0.302 e. The van der Waals surface area contributed by atoms with E-state index in [1.54, 1.807) is 0 Å². The number of likely N-dealkylation sites (tertiary alicyclic amines) is 2. The van der Waals surface area contributed by atoms with Crippen LogP contribution in [0.25, 0.3) is 0 Å². The fraction of sp³-hybridized carbons (Fsp3) is 1.00. The summed E-state index contributed by atoms with van der Waals surface area (Å²) in [5.74, 6) is 0. The quantitative estimate of drug-likeness (QED) is 0.480. The molecule has 2 rings (SSSR count). The molecular weight excluding hydrogens is 124 g/mol. The van der Waals surface area contributed by atoms with Gasteiger partial charge in [0.1, 0.15) is 0 Å². The molecule has 2 aliphatic rings. The smallest absolute Gasteiger partial charge is 0.0235 e. The van der Waals surface area contributed by atoms with Crippen molar-refractivity contribution in [2.24, 2.45) is 0 Å². The third kappa shape index (κ3) is 0.867. The first kappa shape index (κ1) is 6.62. The number of likely N-dealkylation sites (N-methyl/N-ethyl adjacent to an activating group) is 2. The second kappa shape index (κ2) is 2.21. The molecule has 10 heavy (non-hydrogen) atoms. The summed E-state index contributed by atoms with van der Waals surface area (Å²) in [6, 6.07) is 1.77. The van der Waals surface area contributed by atoms with E-state index >= 15 is 0 Å². The van der Waals surface area contributed by atoms with Crippen molar-refractivity contribution in [3.8, 4) is 0 Å². The number of hydrogen-bond donors (Lipinski definition) is 0. The van der Waals surface area contributed by atoms with Gasteiger partial charge in [0, 0.05) is 18.6 Å². The van der Waals surface area contributed by atoms with Gasteiger partial charge in [0.25, 0.3) is 0 Å². The molecule has 2 aliphatic heterocycles. The molecule has 2 nitrogen and oxygen atoms in total. The van der Waals surface area contributed by atoms with Gasteiger partial charge in [0.2, 0.25) is 0 Å². The molecule has 58 valence electrons. The topological polar surface area (TPSA) is 6.48 Å². The monoisotopic (exact) mass is 140 g/mol. The lowest BCUT2D eigenvalue weighted by molar-refractivity contribution is 0.213. The summed E-state index contributed by atoms with van der Waals surface area (Å²) in [6.07, 6.45) is 2.79. The molecule has 0 amide bonds. The Morgan fingerprint density at radius 2 is 1.90 bits per heavy atom. The van der Waals surface area contributed by atoms with Gasteiger partial charge in [-0.2, -0.15) is 0 Å². The first-order valence-electron chi connectivity index (χ1n) is 4.18. The van der Waals surface area contributed by atoms with Gasteiger partial charge in [-0.1, -0.05) is 0 Å². The molecule has 0 aromatic rings. The van der Waals surface area contributed by atoms with E-state index in [1.165, 1.54) is 25.9 Å². The van der Waals surface area contributed by atoms with Crippen LogP contribution in [0.15, 0.2) is 0 Å². The Balaban J connectivity index is 2.08. The van der Waals surface area contributed by atoms with Gasteiger partial charge in [-0.15, -0.1) is 0 Å². The predicted octanol–water partition coefficient (Wildman–Crippen LogP) is 0.395. The lowest BCUT2D eigenvalue weighted by atomic mass is 10.0. The van der Waals surface area contributed by atoms with Gasteiger partial charge in [-0.25, -0.2) is 0 Å². The number of fused-ring (bicyclic) bond motifs is 2. The normalized spacial score (nSPS) is 42.6. The maximum absolute atomic E-state index is 2.51. The molecule has 0 radical (unpaired) electrons. The van der Waals surface area contributed by atoms with Crippen LogP contribution < -0.4 is 0 Å².